The number of hydrazine groups is 1. The van der Waals surface area contributed by atoms with Gasteiger partial charge in [0.2, 0.25) is 5.91 Å². The third-order valence-electron chi connectivity index (χ3n) is 5.59. The lowest BCUT2D eigenvalue weighted by Gasteiger charge is -2.21. The zero-order valence-corrected chi connectivity index (χ0v) is 18.9. The van der Waals surface area contributed by atoms with E-state index in [1.807, 2.05) is 18.2 Å². The molecule has 0 aliphatic heterocycles. The van der Waals surface area contributed by atoms with Crippen LogP contribution in [0.15, 0.2) is 47.1 Å². The number of amides is 2. The Morgan fingerprint density at radius 3 is 2.32 bits per heavy atom. The number of nitrogens with zero attached hydrogens (tertiary/aromatic N) is 1. The number of rotatable bonds is 7. The van der Waals surface area contributed by atoms with E-state index in [0.29, 0.717) is 11.5 Å². The van der Waals surface area contributed by atoms with Gasteiger partial charge in [-0.3, -0.25) is 20.4 Å². The number of furan rings is 1. The van der Waals surface area contributed by atoms with Crippen LogP contribution in [0.25, 0.3) is 11.0 Å². The number of anilines is 1. The number of hydrogen-bond donors (Lipinski definition) is 2. The fraction of sp³-hybridized carbons (Fsp3) is 0.360. The molecule has 0 atom stereocenters. The van der Waals surface area contributed by atoms with Crippen LogP contribution < -0.4 is 15.8 Å². The molecule has 0 bridgehead atoms. The molecule has 31 heavy (non-hydrogen) atoms. The molecule has 0 radical (unpaired) electrons. The number of carbonyl (C=O) groups is 2. The normalized spacial score (nSPS) is 11.0. The summed E-state index contributed by atoms with van der Waals surface area (Å²) in [6.45, 7) is 12.3. The van der Waals surface area contributed by atoms with Crippen LogP contribution in [0.3, 0.4) is 0 Å². The lowest BCUT2D eigenvalue weighted by molar-refractivity contribution is -0.121. The minimum absolute atomic E-state index is 0.120. The fourth-order valence-corrected chi connectivity index (χ4v) is 3.83. The van der Waals surface area contributed by atoms with Crippen LogP contribution in [0.2, 0.25) is 0 Å². The van der Waals surface area contributed by atoms with Crippen LogP contribution in [0.4, 0.5) is 5.69 Å². The summed E-state index contributed by atoms with van der Waals surface area (Å²) >= 11 is 0. The molecular formula is C25H31N3O3. The topological polar surface area (TPSA) is 74.6 Å². The van der Waals surface area contributed by atoms with Gasteiger partial charge in [-0.2, -0.15) is 0 Å². The molecule has 2 N–H and O–H groups in total. The maximum absolute atomic E-state index is 12.4. The van der Waals surface area contributed by atoms with Gasteiger partial charge in [-0.25, -0.2) is 0 Å². The minimum Gasteiger partial charge on any atom is -0.464 e. The Labute approximate surface area is 183 Å². The number of benzene rings is 2. The predicted octanol–water partition coefficient (Wildman–Crippen LogP) is 4.71. The molecule has 0 aliphatic carbocycles. The highest BCUT2D eigenvalue weighted by atomic mass is 16.3. The van der Waals surface area contributed by atoms with E-state index in [-0.39, 0.29) is 18.2 Å². The van der Waals surface area contributed by atoms with Gasteiger partial charge in [0.15, 0.2) is 0 Å². The molecule has 0 aliphatic rings. The molecule has 3 aromatic rings. The first-order chi connectivity index (χ1) is 14.8. The van der Waals surface area contributed by atoms with E-state index in [4.69, 9.17) is 4.42 Å². The van der Waals surface area contributed by atoms with Gasteiger partial charge in [0.1, 0.15) is 5.58 Å². The summed E-state index contributed by atoms with van der Waals surface area (Å²) in [5.74, 6) is -0.273. The molecule has 164 valence electrons. The number of hydrogen-bond acceptors (Lipinski definition) is 4. The summed E-state index contributed by atoms with van der Waals surface area (Å²) in [6.07, 6.45) is 1.73. The van der Waals surface area contributed by atoms with Crippen molar-refractivity contribution in [2.24, 2.45) is 0 Å². The van der Waals surface area contributed by atoms with Crippen LogP contribution in [0.5, 0.6) is 0 Å². The lowest BCUT2D eigenvalue weighted by Crippen LogP contribution is -2.42. The van der Waals surface area contributed by atoms with Crippen molar-refractivity contribution in [1.82, 2.24) is 10.9 Å². The monoisotopic (exact) mass is 421 g/mol. The molecule has 2 amide bonds. The van der Waals surface area contributed by atoms with Gasteiger partial charge < -0.3 is 9.32 Å². The predicted molar refractivity (Wildman–Crippen MR) is 124 cm³/mol. The quantitative estimate of drug-likeness (QED) is 0.542. The zero-order valence-electron chi connectivity index (χ0n) is 18.9. The zero-order chi connectivity index (χ0) is 22.5. The van der Waals surface area contributed by atoms with E-state index >= 15 is 0 Å². The molecular weight excluding hydrogens is 390 g/mol. The molecule has 6 nitrogen and oxygen atoms in total. The largest absolute Gasteiger partial charge is 0.464 e. The second-order valence-electron chi connectivity index (χ2n) is 8.02. The summed E-state index contributed by atoms with van der Waals surface area (Å²) in [5.41, 5.74) is 10.5. The smallest absolute Gasteiger partial charge is 0.269 e. The fourth-order valence-electron chi connectivity index (χ4n) is 3.83. The van der Waals surface area contributed by atoms with Crippen molar-refractivity contribution in [3.05, 3.63) is 64.9 Å². The van der Waals surface area contributed by atoms with Crippen LogP contribution in [-0.4, -0.2) is 24.9 Å². The highest BCUT2D eigenvalue weighted by Crippen LogP contribution is 2.29. The first-order valence-electron chi connectivity index (χ1n) is 10.8. The Bertz CT molecular complexity index is 1060. The molecule has 1 aromatic heterocycles. The SMILES string of the molecule is CCN(CC)c1ccc(C(=O)NNC(=O)Cc2coc3cc(C)c(C(C)C)cc23)cc1. The summed E-state index contributed by atoms with van der Waals surface area (Å²) in [5, 5.41) is 0.933. The number of carbonyl (C=O) groups excluding carboxylic acids is 2. The Morgan fingerprint density at radius 2 is 1.71 bits per heavy atom. The standard InChI is InChI=1S/C25H31N3O3/c1-6-28(7-2)20-10-8-18(9-11-20)25(30)27-26-24(29)13-19-15-31-23-12-17(5)21(16(3)4)14-22(19)23/h8-12,14-16H,6-7,13H2,1-5H3,(H,26,29)(H,27,30). The maximum Gasteiger partial charge on any atom is 0.269 e. The Morgan fingerprint density at radius 1 is 1.03 bits per heavy atom. The van der Waals surface area contributed by atoms with Gasteiger partial charge >= 0.3 is 0 Å². The van der Waals surface area contributed by atoms with Crippen molar-refractivity contribution in [2.45, 2.75) is 47.0 Å². The van der Waals surface area contributed by atoms with Crippen molar-refractivity contribution in [3.8, 4) is 0 Å². The molecule has 0 fully saturated rings. The second kappa shape index (κ2) is 9.69. The van der Waals surface area contributed by atoms with Crippen molar-refractivity contribution in [2.75, 3.05) is 18.0 Å². The molecule has 0 spiro atoms. The van der Waals surface area contributed by atoms with Gasteiger partial charge in [0.25, 0.3) is 5.91 Å². The van der Waals surface area contributed by atoms with Gasteiger partial charge in [0.05, 0.1) is 12.7 Å². The average Bonchev–Trinajstić information content (AvgIpc) is 3.13. The highest BCUT2D eigenvalue weighted by Gasteiger charge is 2.15. The van der Waals surface area contributed by atoms with Gasteiger partial charge in [0, 0.05) is 35.3 Å². The Kier molecular flexibility index (Phi) is 7.00. The van der Waals surface area contributed by atoms with E-state index < -0.39 is 0 Å². The van der Waals surface area contributed by atoms with E-state index in [1.54, 1.807) is 18.4 Å². The third-order valence-corrected chi connectivity index (χ3v) is 5.59. The van der Waals surface area contributed by atoms with Crippen molar-refractivity contribution < 1.29 is 14.0 Å². The molecule has 3 rings (SSSR count). The lowest BCUT2D eigenvalue weighted by atomic mass is 9.95. The molecule has 0 saturated carbocycles. The van der Waals surface area contributed by atoms with E-state index in [1.165, 1.54) is 11.1 Å². The van der Waals surface area contributed by atoms with Gasteiger partial charge in [-0.1, -0.05) is 13.8 Å². The van der Waals surface area contributed by atoms with E-state index in [2.05, 4.69) is 56.4 Å². The van der Waals surface area contributed by atoms with Crippen LogP contribution in [-0.2, 0) is 11.2 Å². The van der Waals surface area contributed by atoms with Crippen molar-refractivity contribution >= 4 is 28.5 Å². The first kappa shape index (κ1) is 22.4. The van der Waals surface area contributed by atoms with Crippen LogP contribution in [0, 0.1) is 6.92 Å². The van der Waals surface area contributed by atoms with Crippen molar-refractivity contribution in [1.29, 1.82) is 0 Å². The number of aryl methyl sites for hydroxylation is 1. The summed E-state index contributed by atoms with van der Waals surface area (Å²) < 4.78 is 5.64. The third kappa shape index (κ3) is 5.08. The number of nitrogens with one attached hydrogen (secondary N) is 2. The molecule has 6 heteroatoms. The Balaban J connectivity index is 1.62. The van der Waals surface area contributed by atoms with E-state index in [0.717, 1.165) is 35.3 Å². The van der Waals surface area contributed by atoms with Crippen molar-refractivity contribution in [3.63, 3.8) is 0 Å². The van der Waals surface area contributed by atoms with Crippen LogP contribution >= 0.6 is 0 Å². The highest BCUT2D eigenvalue weighted by molar-refractivity contribution is 5.96. The molecule has 2 aromatic carbocycles. The second-order valence-corrected chi connectivity index (χ2v) is 8.02. The molecule has 0 saturated heterocycles. The summed E-state index contributed by atoms with van der Waals surface area (Å²) in [4.78, 5) is 27.0. The van der Waals surface area contributed by atoms with Crippen LogP contribution in [0.1, 0.15) is 60.7 Å². The van der Waals surface area contributed by atoms with E-state index in [9.17, 15) is 9.59 Å². The Hall–Kier alpha value is -3.28. The van der Waals surface area contributed by atoms with Gasteiger partial charge in [-0.05, 0) is 74.2 Å². The molecule has 0 unspecified atom stereocenters. The summed E-state index contributed by atoms with van der Waals surface area (Å²) in [6, 6.07) is 11.4. The first-order valence-corrected chi connectivity index (χ1v) is 10.8. The summed E-state index contributed by atoms with van der Waals surface area (Å²) in [7, 11) is 0. The van der Waals surface area contributed by atoms with Gasteiger partial charge in [-0.15, -0.1) is 0 Å². The number of fused-ring (bicyclic) bond motifs is 1. The minimum atomic E-state index is -0.353. The average molecular weight is 422 g/mol. The maximum atomic E-state index is 12.4. The molecule has 1 heterocycles.